The molecule has 2 amide bonds. The molecular formula is C22H20N4O5. The van der Waals surface area contributed by atoms with Gasteiger partial charge in [0.05, 0.1) is 11.2 Å². The summed E-state index contributed by atoms with van der Waals surface area (Å²) in [5.41, 5.74) is 1.76. The Labute approximate surface area is 177 Å². The fourth-order valence-electron chi connectivity index (χ4n) is 3.03. The van der Waals surface area contributed by atoms with E-state index in [0.29, 0.717) is 17.9 Å². The molecule has 158 valence electrons. The smallest absolute Gasteiger partial charge is 0.293 e. The van der Waals surface area contributed by atoms with Crippen molar-refractivity contribution in [2.24, 2.45) is 0 Å². The van der Waals surface area contributed by atoms with Crippen molar-refractivity contribution < 1.29 is 18.9 Å². The van der Waals surface area contributed by atoms with Gasteiger partial charge in [-0.05, 0) is 54.8 Å². The third kappa shape index (κ3) is 5.08. The molecule has 1 saturated carbocycles. The van der Waals surface area contributed by atoms with Gasteiger partial charge in [0, 0.05) is 29.9 Å². The number of carbonyl (C=O) groups excluding carboxylic acids is 2. The Balaban J connectivity index is 1.44. The van der Waals surface area contributed by atoms with Gasteiger partial charge in [-0.2, -0.15) is 0 Å². The second-order valence-electron chi connectivity index (χ2n) is 7.22. The summed E-state index contributed by atoms with van der Waals surface area (Å²) in [5, 5.41) is 20.1. The van der Waals surface area contributed by atoms with E-state index in [9.17, 15) is 19.7 Å². The fraction of sp³-hybridized carbons (Fsp3) is 0.182. The van der Waals surface area contributed by atoms with Gasteiger partial charge in [-0.3, -0.25) is 19.7 Å². The van der Waals surface area contributed by atoms with Crippen LogP contribution in [0.15, 0.2) is 65.3 Å². The lowest BCUT2D eigenvalue weighted by molar-refractivity contribution is -0.384. The van der Waals surface area contributed by atoms with Crippen LogP contribution in [-0.4, -0.2) is 22.8 Å². The van der Waals surface area contributed by atoms with Crippen LogP contribution in [0, 0.1) is 10.1 Å². The summed E-state index contributed by atoms with van der Waals surface area (Å²) in [7, 11) is 0. The van der Waals surface area contributed by atoms with Crippen molar-refractivity contribution in [2.45, 2.75) is 25.4 Å². The number of amides is 2. The van der Waals surface area contributed by atoms with Crippen LogP contribution < -0.4 is 16.0 Å². The van der Waals surface area contributed by atoms with E-state index in [2.05, 4.69) is 16.0 Å². The molecule has 1 fully saturated rings. The van der Waals surface area contributed by atoms with Crippen molar-refractivity contribution in [1.82, 2.24) is 5.32 Å². The molecule has 0 bridgehead atoms. The van der Waals surface area contributed by atoms with Crippen LogP contribution in [0.3, 0.4) is 0 Å². The second kappa shape index (κ2) is 8.70. The average Bonchev–Trinajstić information content (AvgIpc) is 3.39. The van der Waals surface area contributed by atoms with E-state index in [4.69, 9.17) is 4.42 Å². The van der Waals surface area contributed by atoms with Crippen molar-refractivity contribution in [3.63, 3.8) is 0 Å². The molecule has 9 heteroatoms. The van der Waals surface area contributed by atoms with Crippen LogP contribution >= 0.6 is 0 Å². The average molecular weight is 420 g/mol. The lowest BCUT2D eigenvalue weighted by Gasteiger charge is -2.10. The van der Waals surface area contributed by atoms with Gasteiger partial charge in [0.25, 0.3) is 17.5 Å². The summed E-state index contributed by atoms with van der Waals surface area (Å²) >= 11 is 0. The predicted molar refractivity (Wildman–Crippen MR) is 114 cm³/mol. The first-order chi connectivity index (χ1) is 15.0. The highest BCUT2D eigenvalue weighted by molar-refractivity contribution is 6.02. The maximum absolute atomic E-state index is 12.2. The molecule has 1 aliphatic rings. The van der Waals surface area contributed by atoms with E-state index in [1.807, 2.05) is 6.07 Å². The zero-order valence-electron chi connectivity index (χ0n) is 16.5. The Bertz CT molecular complexity index is 1120. The summed E-state index contributed by atoms with van der Waals surface area (Å²) < 4.78 is 5.07. The number of carbonyl (C=O) groups is 2. The minimum absolute atomic E-state index is 0.171. The van der Waals surface area contributed by atoms with Gasteiger partial charge in [-0.25, -0.2) is 0 Å². The molecule has 1 heterocycles. The molecule has 0 unspecified atom stereocenters. The van der Waals surface area contributed by atoms with Gasteiger partial charge >= 0.3 is 0 Å². The Morgan fingerprint density at radius 1 is 1.06 bits per heavy atom. The third-order valence-corrected chi connectivity index (χ3v) is 4.78. The number of hydrogen-bond acceptors (Lipinski definition) is 6. The summed E-state index contributed by atoms with van der Waals surface area (Å²) in [6.45, 7) is 0.291. The first kappa shape index (κ1) is 20.1. The van der Waals surface area contributed by atoms with E-state index in [1.54, 1.807) is 36.4 Å². The van der Waals surface area contributed by atoms with E-state index in [1.165, 1.54) is 18.4 Å². The summed E-state index contributed by atoms with van der Waals surface area (Å²) in [5.74, 6) is -0.479. The molecule has 0 saturated heterocycles. The van der Waals surface area contributed by atoms with Gasteiger partial charge in [0.1, 0.15) is 5.69 Å². The zero-order valence-corrected chi connectivity index (χ0v) is 16.5. The minimum atomic E-state index is -0.518. The van der Waals surface area contributed by atoms with Gasteiger partial charge in [-0.15, -0.1) is 0 Å². The largest absolute Gasteiger partial charge is 0.459 e. The van der Waals surface area contributed by atoms with Gasteiger partial charge < -0.3 is 20.4 Å². The van der Waals surface area contributed by atoms with Crippen LogP contribution in [-0.2, 0) is 6.54 Å². The number of nitrogens with zero attached hydrogens (tertiary/aromatic N) is 1. The SMILES string of the molecule is O=C(NC1CC1)c1ccc(NCc2cccc(NC(=O)c3ccco3)c2)c([N+](=O)[O-])c1. The van der Waals surface area contributed by atoms with E-state index < -0.39 is 4.92 Å². The van der Waals surface area contributed by atoms with Crippen LogP contribution in [0.25, 0.3) is 0 Å². The third-order valence-electron chi connectivity index (χ3n) is 4.78. The molecule has 0 atom stereocenters. The topological polar surface area (TPSA) is 127 Å². The van der Waals surface area contributed by atoms with Crippen molar-refractivity contribution in [3.8, 4) is 0 Å². The predicted octanol–water partition coefficient (Wildman–Crippen LogP) is 3.94. The van der Waals surface area contributed by atoms with Crippen LogP contribution in [0.1, 0.15) is 39.3 Å². The van der Waals surface area contributed by atoms with Crippen LogP contribution in [0.4, 0.5) is 17.1 Å². The first-order valence-electron chi connectivity index (χ1n) is 9.76. The lowest BCUT2D eigenvalue weighted by atomic mass is 10.1. The Morgan fingerprint density at radius 3 is 2.61 bits per heavy atom. The number of furan rings is 1. The summed E-state index contributed by atoms with van der Waals surface area (Å²) in [6, 6.07) is 14.8. The fourth-order valence-corrected chi connectivity index (χ4v) is 3.03. The monoisotopic (exact) mass is 420 g/mol. The standard InChI is InChI=1S/C22H20N4O5/c27-21(24-16-7-8-16)15-6-9-18(19(12-15)26(29)30)23-13-14-3-1-4-17(11-14)25-22(28)20-5-2-10-31-20/h1-6,9-12,16,23H,7-8,13H2,(H,24,27)(H,25,28). The number of rotatable bonds is 8. The quantitative estimate of drug-likeness (QED) is 0.374. The van der Waals surface area contributed by atoms with Crippen LogP contribution in [0.2, 0.25) is 0 Å². The molecule has 0 spiro atoms. The number of nitro groups is 1. The van der Waals surface area contributed by atoms with E-state index >= 15 is 0 Å². The summed E-state index contributed by atoms with van der Waals surface area (Å²) in [6.07, 6.45) is 3.30. The molecule has 2 aromatic carbocycles. The van der Waals surface area contributed by atoms with Crippen molar-refractivity contribution >= 4 is 28.9 Å². The molecule has 31 heavy (non-hydrogen) atoms. The molecule has 1 aromatic heterocycles. The second-order valence-corrected chi connectivity index (χ2v) is 7.22. The number of benzene rings is 2. The highest BCUT2D eigenvalue weighted by atomic mass is 16.6. The normalized spacial score (nSPS) is 12.8. The molecule has 0 aliphatic heterocycles. The summed E-state index contributed by atoms with van der Waals surface area (Å²) in [4.78, 5) is 35.3. The maximum Gasteiger partial charge on any atom is 0.293 e. The van der Waals surface area contributed by atoms with Crippen molar-refractivity contribution in [3.05, 3.63) is 87.9 Å². The van der Waals surface area contributed by atoms with E-state index in [0.717, 1.165) is 18.4 Å². The minimum Gasteiger partial charge on any atom is -0.459 e. The number of hydrogen-bond donors (Lipinski definition) is 3. The number of anilines is 2. The molecule has 3 aromatic rings. The Kier molecular flexibility index (Phi) is 5.65. The first-order valence-corrected chi connectivity index (χ1v) is 9.76. The molecular weight excluding hydrogens is 400 g/mol. The maximum atomic E-state index is 12.2. The van der Waals surface area contributed by atoms with Crippen molar-refractivity contribution in [2.75, 3.05) is 10.6 Å². The van der Waals surface area contributed by atoms with Crippen molar-refractivity contribution in [1.29, 1.82) is 0 Å². The number of nitro benzene ring substituents is 1. The molecule has 1 aliphatic carbocycles. The highest BCUT2D eigenvalue weighted by Gasteiger charge is 2.25. The number of nitrogens with one attached hydrogen (secondary N) is 3. The van der Waals surface area contributed by atoms with Gasteiger partial charge in [0.2, 0.25) is 0 Å². The molecule has 4 rings (SSSR count). The van der Waals surface area contributed by atoms with Gasteiger partial charge in [0.15, 0.2) is 5.76 Å². The molecule has 9 nitrogen and oxygen atoms in total. The highest BCUT2D eigenvalue weighted by Crippen LogP contribution is 2.27. The molecule has 3 N–H and O–H groups in total. The Morgan fingerprint density at radius 2 is 1.90 bits per heavy atom. The lowest BCUT2D eigenvalue weighted by Crippen LogP contribution is -2.25. The molecule has 0 radical (unpaired) electrons. The van der Waals surface area contributed by atoms with E-state index in [-0.39, 0.29) is 34.9 Å². The zero-order chi connectivity index (χ0) is 21.8. The Hall–Kier alpha value is -4.14. The van der Waals surface area contributed by atoms with Gasteiger partial charge in [-0.1, -0.05) is 12.1 Å². The van der Waals surface area contributed by atoms with Crippen LogP contribution in [0.5, 0.6) is 0 Å².